The first kappa shape index (κ1) is 29.9. The summed E-state index contributed by atoms with van der Waals surface area (Å²) in [5.74, 6) is 1.95. The number of aromatic nitrogens is 3. The third-order valence-corrected chi connectivity index (χ3v) is 10.1. The fourth-order valence-corrected chi connectivity index (χ4v) is 7.71. The second kappa shape index (κ2) is 12.4. The van der Waals surface area contributed by atoms with Crippen molar-refractivity contribution in [3.05, 3.63) is 188 Å². The molecule has 0 radical (unpaired) electrons. The molecular weight excluding hydrogens is 631 g/mol. The van der Waals surface area contributed by atoms with Gasteiger partial charge in [0.05, 0.1) is 0 Å². The van der Waals surface area contributed by atoms with E-state index in [4.69, 9.17) is 15.0 Å². The first-order valence-corrected chi connectivity index (χ1v) is 17.6. The predicted octanol–water partition coefficient (Wildman–Crippen LogP) is 12.8. The molecule has 0 unspecified atom stereocenters. The molecule has 3 nitrogen and oxygen atoms in total. The molecule has 0 amide bonds. The molecule has 1 heterocycles. The molecule has 0 saturated heterocycles. The zero-order chi connectivity index (χ0) is 34.4. The van der Waals surface area contributed by atoms with Crippen LogP contribution in [0.15, 0.2) is 188 Å². The van der Waals surface area contributed by atoms with Crippen molar-refractivity contribution in [2.75, 3.05) is 0 Å². The molecule has 0 aliphatic carbocycles. The lowest BCUT2D eigenvalue weighted by Gasteiger charge is -2.20. The van der Waals surface area contributed by atoms with Crippen molar-refractivity contribution in [1.82, 2.24) is 15.0 Å². The predicted molar refractivity (Wildman–Crippen MR) is 217 cm³/mol. The maximum absolute atomic E-state index is 5.00. The summed E-state index contributed by atoms with van der Waals surface area (Å²) in [5, 5.41) is 9.94. The minimum Gasteiger partial charge on any atom is -0.208 e. The lowest BCUT2D eigenvalue weighted by Crippen LogP contribution is -2.00. The molecule has 0 aliphatic rings. The molecule has 0 atom stereocenters. The first-order valence-electron chi connectivity index (χ1n) is 17.6. The molecule has 3 heteroatoms. The second-order valence-corrected chi connectivity index (χ2v) is 13.1. The van der Waals surface area contributed by atoms with E-state index in [1.807, 2.05) is 60.7 Å². The Balaban J connectivity index is 1.22. The summed E-state index contributed by atoms with van der Waals surface area (Å²) in [7, 11) is 0. The lowest BCUT2D eigenvalue weighted by atomic mass is 9.82. The van der Waals surface area contributed by atoms with E-state index >= 15 is 0 Å². The van der Waals surface area contributed by atoms with Crippen LogP contribution in [0.2, 0.25) is 0 Å². The molecule has 52 heavy (non-hydrogen) atoms. The summed E-state index contributed by atoms with van der Waals surface area (Å²) in [4.78, 5) is 14.9. The van der Waals surface area contributed by atoms with Crippen molar-refractivity contribution >= 4 is 43.1 Å². The highest BCUT2D eigenvalue weighted by Crippen LogP contribution is 2.47. The average Bonchev–Trinajstić information content (AvgIpc) is 3.23. The van der Waals surface area contributed by atoms with Gasteiger partial charge in [0.2, 0.25) is 0 Å². The Bertz CT molecular complexity index is 2880. The zero-order valence-corrected chi connectivity index (χ0v) is 28.2. The molecule has 0 fully saturated rings. The van der Waals surface area contributed by atoms with Crippen LogP contribution < -0.4 is 0 Å². The summed E-state index contributed by atoms with van der Waals surface area (Å²) < 4.78 is 0. The van der Waals surface area contributed by atoms with Gasteiger partial charge in [0.25, 0.3) is 0 Å². The normalized spacial score (nSPS) is 11.5. The SMILES string of the molecule is c1ccc(-c2nc(-c3ccccc3)nc(-c3ccc(-c4c(-c5cc6ccccc6c6ccccc56)c5ccccc5c5ccccc45)cc3)n2)cc1. The highest BCUT2D eigenvalue weighted by molar-refractivity contribution is 6.25. The lowest BCUT2D eigenvalue weighted by molar-refractivity contribution is 1.07. The van der Waals surface area contributed by atoms with Crippen LogP contribution >= 0.6 is 0 Å². The molecular formula is C49H31N3. The Kier molecular flexibility index (Phi) is 7.14. The van der Waals surface area contributed by atoms with E-state index in [9.17, 15) is 0 Å². The van der Waals surface area contributed by atoms with E-state index in [1.165, 1.54) is 59.8 Å². The molecule has 10 aromatic rings. The first-order chi connectivity index (χ1) is 25.8. The summed E-state index contributed by atoms with van der Waals surface area (Å²) >= 11 is 0. The summed E-state index contributed by atoms with van der Waals surface area (Å²) in [6, 6.07) is 66.6. The van der Waals surface area contributed by atoms with Crippen LogP contribution in [0.4, 0.5) is 0 Å². The van der Waals surface area contributed by atoms with E-state index in [2.05, 4.69) is 127 Å². The van der Waals surface area contributed by atoms with Crippen molar-refractivity contribution in [3.63, 3.8) is 0 Å². The largest absolute Gasteiger partial charge is 0.208 e. The van der Waals surface area contributed by atoms with E-state index in [-0.39, 0.29) is 0 Å². The molecule has 0 saturated carbocycles. The van der Waals surface area contributed by atoms with Gasteiger partial charge < -0.3 is 0 Å². The Labute approximate surface area is 301 Å². The summed E-state index contributed by atoms with van der Waals surface area (Å²) in [6.45, 7) is 0. The van der Waals surface area contributed by atoms with Crippen LogP contribution in [0.3, 0.4) is 0 Å². The quantitative estimate of drug-likeness (QED) is 0.172. The molecule has 10 rings (SSSR count). The monoisotopic (exact) mass is 661 g/mol. The van der Waals surface area contributed by atoms with E-state index in [0.717, 1.165) is 22.3 Å². The van der Waals surface area contributed by atoms with Crippen LogP contribution in [0, 0.1) is 0 Å². The second-order valence-electron chi connectivity index (χ2n) is 13.1. The minimum atomic E-state index is 0.642. The van der Waals surface area contributed by atoms with Crippen LogP contribution in [-0.2, 0) is 0 Å². The highest BCUT2D eigenvalue weighted by atomic mass is 15.0. The third kappa shape index (κ3) is 5.02. The highest BCUT2D eigenvalue weighted by Gasteiger charge is 2.20. The van der Waals surface area contributed by atoms with Gasteiger partial charge >= 0.3 is 0 Å². The number of hydrogen-bond acceptors (Lipinski definition) is 3. The van der Waals surface area contributed by atoms with Gasteiger partial charge in [-0.15, -0.1) is 0 Å². The van der Waals surface area contributed by atoms with Crippen molar-refractivity contribution in [3.8, 4) is 56.4 Å². The smallest absolute Gasteiger partial charge is 0.164 e. The van der Waals surface area contributed by atoms with Crippen LogP contribution in [-0.4, -0.2) is 15.0 Å². The molecule has 0 aliphatic heterocycles. The van der Waals surface area contributed by atoms with Gasteiger partial charge in [0.1, 0.15) is 0 Å². The fraction of sp³-hybridized carbons (Fsp3) is 0. The summed E-state index contributed by atoms with van der Waals surface area (Å²) in [5.41, 5.74) is 7.66. The average molecular weight is 662 g/mol. The number of benzene rings is 9. The van der Waals surface area contributed by atoms with E-state index in [1.54, 1.807) is 0 Å². The molecule has 0 N–H and O–H groups in total. The molecule has 1 aromatic heterocycles. The zero-order valence-electron chi connectivity index (χ0n) is 28.2. The standard InChI is InChI=1S/C49H31N3/c1-3-15-33(16-4-1)47-50-48(34-17-5-2-6-18-34)52-49(51-47)35-29-27-32(28-30-35)45-42-25-13-11-22-39(42)40-23-12-14-26-43(40)46(45)44-31-36-19-7-8-20-37(36)38-21-9-10-24-41(38)44/h1-31H. The van der Waals surface area contributed by atoms with Gasteiger partial charge in [-0.3, -0.25) is 0 Å². The van der Waals surface area contributed by atoms with E-state index < -0.39 is 0 Å². The van der Waals surface area contributed by atoms with Crippen molar-refractivity contribution < 1.29 is 0 Å². The van der Waals surface area contributed by atoms with Gasteiger partial charge in [-0.05, 0) is 71.4 Å². The molecule has 9 aromatic carbocycles. The third-order valence-electron chi connectivity index (χ3n) is 10.1. The fourth-order valence-electron chi connectivity index (χ4n) is 7.71. The van der Waals surface area contributed by atoms with Crippen molar-refractivity contribution in [1.29, 1.82) is 0 Å². The number of rotatable bonds is 5. The molecule has 242 valence electrons. The van der Waals surface area contributed by atoms with Gasteiger partial charge in [0, 0.05) is 16.7 Å². The maximum atomic E-state index is 5.00. The Morgan fingerprint density at radius 3 is 1.15 bits per heavy atom. The van der Waals surface area contributed by atoms with Crippen LogP contribution in [0.5, 0.6) is 0 Å². The van der Waals surface area contributed by atoms with Crippen molar-refractivity contribution in [2.45, 2.75) is 0 Å². The number of hydrogen-bond donors (Lipinski definition) is 0. The van der Waals surface area contributed by atoms with Gasteiger partial charge in [-0.2, -0.15) is 0 Å². The van der Waals surface area contributed by atoms with Gasteiger partial charge in [0.15, 0.2) is 17.5 Å². The Morgan fingerprint density at radius 2 is 0.615 bits per heavy atom. The minimum absolute atomic E-state index is 0.642. The molecule has 0 bridgehead atoms. The topological polar surface area (TPSA) is 38.7 Å². The van der Waals surface area contributed by atoms with Crippen molar-refractivity contribution in [2.24, 2.45) is 0 Å². The maximum Gasteiger partial charge on any atom is 0.164 e. The number of nitrogens with zero attached hydrogens (tertiary/aromatic N) is 3. The summed E-state index contributed by atoms with van der Waals surface area (Å²) in [6.07, 6.45) is 0. The van der Waals surface area contributed by atoms with Gasteiger partial charge in [-0.25, -0.2) is 15.0 Å². The van der Waals surface area contributed by atoms with Crippen LogP contribution in [0.1, 0.15) is 0 Å². The van der Waals surface area contributed by atoms with E-state index in [0.29, 0.717) is 17.5 Å². The Hall–Kier alpha value is -6.97. The Morgan fingerprint density at radius 1 is 0.250 bits per heavy atom. The molecule has 0 spiro atoms. The van der Waals surface area contributed by atoms with Crippen LogP contribution in [0.25, 0.3) is 99.5 Å². The number of fused-ring (bicyclic) bond motifs is 6. The van der Waals surface area contributed by atoms with Gasteiger partial charge in [-0.1, -0.05) is 182 Å².